The van der Waals surface area contributed by atoms with Gasteiger partial charge in [-0.05, 0) is 19.8 Å². The molecule has 0 bridgehead atoms. The predicted octanol–water partition coefficient (Wildman–Crippen LogP) is 2.47. The highest BCUT2D eigenvalue weighted by molar-refractivity contribution is 5.00. The summed E-state index contributed by atoms with van der Waals surface area (Å²) in [6.07, 6.45) is 7.55. The Kier molecular flexibility index (Phi) is 4.37. The molecule has 0 aromatic heterocycles. The Morgan fingerprint density at radius 1 is 1.40 bits per heavy atom. The Morgan fingerprint density at radius 3 is 2.40 bits per heavy atom. The van der Waals surface area contributed by atoms with Crippen LogP contribution in [-0.4, -0.2) is 5.54 Å². The molecule has 1 atom stereocenters. The van der Waals surface area contributed by atoms with Gasteiger partial charge in [-0.2, -0.15) is 0 Å². The van der Waals surface area contributed by atoms with E-state index in [0.29, 0.717) is 0 Å². The van der Waals surface area contributed by atoms with Crippen LogP contribution in [0.4, 0.5) is 0 Å². The highest BCUT2D eigenvalue weighted by atomic mass is 14.7. The summed E-state index contributed by atoms with van der Waals surface area (Å²) < 4.78 is 0. The first-order valence-corrected chi connectivity index (χ1v) is 4.09. The van der Waals surface area contributed by atoms with E-state index in [1.165, 1.54) is 0 Å². The first kappa shape index (κ1) is 9.70. The predicted molar refractivity (Wildman–Crippen MR) is 46.9 cm³/mol. The van der Waals surface area contributed by atoms with E-state index in [-0.39, 0.29) is 5.54 Å². The summed E-state index contributed by atoms with van der Waals surface area (Å²) in [5, 5.41) is 0. The standard InChI is InChI=1S/C9H19N/c1-4-6-8-9(3,10)7-5-2/h6,8H,4-5,7,10H2,1-3H3/b8-6-/t9-/m1/s1. The Bertz CT molecular complexity index is 103. The van der Waals surface area contributed by atoms with Crippen molar-refractivity contribution < 1.29 is 0 Å². The van der Waals surface area contributed by atoms with E-state index in [4.69, 9.17) is 5.73 Å². The van der Waals surface area contributed by atoms with Crippen LogP contribution in [0, 0.1) is 0 Å². The molecule has 0 spiro atoms. The van der Waals surface area contributed by atoms with Gasteiger partial charge in [0.05, 0.1) is 0 Å². The lowest BCUT2D eigenvalue weighted by atomic mass is 9.97. The highest BCUT2D eigenvalue weighted by Crippen LogP contribution is 2.09. The summed E-state index contributed by atoms with van der Waals surface area (Å²) in [6.45, 7) is 6.35. The van der Waals surface area contributed by atoms with Crippen molar-refractivity contribution in [2.24, 2.45) is 5.73 Å². The van der Waals surface area contributed by atoms with Gasteiger partial charge in [0.25, 0.3) is 0 Å². The van der Waals surface area contributed by atoms with Crippen molar-refractivity contribution in [1.82, 2.24) is 0 Å². The van der Waals surface area contributed by atoms with Crippen molar-refractivity contribution in [3.05, 3.63) is 12.2 Å². The molecule has 10 heavy (non-hydrogen) atoms. The van der Waals surface area contributed by atoms with Crippen LogP contribution in [0.3, 0.4) is 0 Å². The van der Waals surface area contributed by atoms with Gasteiger partial charge in [0.2, 0.25) is 0 Å². The number of nitrogens with two attached hydrogens (primary N) is 1. The zero-order chi connectivity index (χ0) is 8.04. The minimum atomic E-state index is -0.0786. The molecule has 0 aliphatic rings. The van der Waals surface area contributed by atoms with Gasteiger partial charge in [0.1, 0.15) is 0 Å². The van der Waals surface area contributed by atoms with E-state index in [9.17, 15) is 0 Å². The average Bonchev–Trinajstić information content (AvgIpc) is 1.84. The quantitative estimate of drug-likeness (QED) is 0.598. The average molecular weight is 141 g/mol. The minimum Gasteiger partial charge on any atom is -0.322 e. The van der Waals surface area contributed by atoms with Gasteiger partial charge in [0.15, 0.2) is 0 Å². The van der Waals surface area contributed by atoms with Crippen LogP contribution in [-0.2, 0) is 0 Å². The Hall–Kier alpha value is -0.300. The van der Waals surface area contributed by atoms with Gasteiger partial charge < -0.3 is 5.73 Å². The van der Waals surface area contributed by atoms with Crippen molar-refractivity contribution in [2.75, 3.05) is 0 Å². The summed E-state index contributed by atoms with van der Waals surface area (Å²) in [5.74, 6) is 0. The third-order valence-electron chi connectivity index (χ3n) is 1.52. The molecular formula is C9H19N. The lowest BCUT2D eigenvalue weighted by Crippen LogP contribution is -2.33. The van der Waals surface area contributed by atoms with E-state index >= 15 is 0 Å². The Morgan fingerprint density at radius 2 is 2.00 bits per heavy atom. The van der Waals surface area contributed by atoms with Crippen LogP contribution in [0.2, 0.25) is 0 Å². The van der Waals surface area contributed by atoms with Crippen molar-refractivity contribution in [2.45, 2.75) is 45.6 Å². The number of rotatable bonds is 4. The van der Waals surface area contributed by atoms with Gasteiger partial charge in [-0.1, -0.05) is 32.4 Å². The van der Waals surface area contributed by atoms with Gasteiger partial charge in [-0.3, -0.25) is 0 Å². The van der Waals surface area contributed by atoms with Gasteiger partial charge >= 0.3 is 0 Å². The molecule has 0 aliphatic heterocycles. The maximum absolute atomic E-state index is 5.93. The van der Waals surface area contributed by atoms with E-state index in [2.05, 4.69) is 32.9 Å². The van der Waals surface area contributed by atoms with Gasteiger partial charge in [-0.15, -0.1) is 0 Å². The SMILES string of the molecule is CC/C=C\[C@](C)(N)CCC. The number of hydrogen-bond acceptors (Lipinski definition) is 1. The Labute approximate surface area is 64.3 Å². The first-order valence-electron chi connectivity index (χ1n) is 4.09. The second-order valence-corrected chi connectivity index (χ2v) is 3.07. The van der Waals surface area contributed by atoms with Crippen LogP contribution in [0.5, 0.6) is 0 Å². The van der Waals surface area contributed by atoms with E-state index in [1.807, 2.05) is 0 Å². The molecule has 60 valence electrons. The van der Waals surface area contributed by atoms with Crippen LogP contribution in [0.15, 0.2) is 12.2 Å². The fourth-order valence-electron chi connectivity index (χ4n) is 1.01. The summed E-state index contributed by atoms with van der Waals surface area (Å²) in [6, 6.07) is 0. The molecule has 0 aromatic carbocycles. The molecular weight excluding hydrogens is 122 g/mol. The van der Waals surface area contributed by atoms with Gasteiger partial charge in [0, 0.05) is 5.54 Å². The fraction of sp³-hybridized carbons (Fsp3) is 0.778. The second kappa shape index (κ2) is 4.51. The van der Waals surface area contributed by atoms with E-state index in [1.54, 1.807) is 0 Å². The first-order chi connectivity index (χ1) is 4.62. The maximum Gasteiger partial charge on any atom is 0.0310 e. The second-order valence-electron chi connectivity index (χ2n) is 3.07. The lowest BCUT2D eigenvalue weighted by molar-refractivity contribution is 0.524. The minimum absolute atomic E-state index is 0.0786. The third kappa shape index (κ3) is 4.57. The fourth-order valence-corrected chi connectivity index (χ4v) is 1.01. The molecule has 0 rings (SSSR count). The smallest absolute Gasteiger partial charge is 0.0310 e. The van der Waals surface area contributed by atoms with Crippen molar-refractivity contribution in [3.63, 3.8) is 0 Å². The maximum atomic E-state index is 5.93. The normalized spacial score (nSPS) is 17.6. The summed E-state index contributed by atoms with van der Waals surface area (Å²) in [7, 11) is 0. The molecule has 0 saturated heterocycles. The third-order valence-corrected chi connectivity index (χ3v) is 1.52. The molecule has 1 heteroatoms. The van der Waals surface area contributed by atoms with Crippen molar-refractivity contribution in [3.8, 4) is 0 Å². The van der Waals surface area contributed by atoms with E-state index in [0.717, 1.165) is 19.3 Å². The number of allylic oxidation sites excluding steroid dienone is 1. The lowest BCUT2D eigenvalue weighted by Gasteiger charge is -2.18. The largest absolute Gasteiger partial charge is 0.322 e. The summed E-state index contributed by atoms with van der Waals surface area (Å²) >= 11 is 0. The van der Waals surface area contributed by atoms with Crippen LogP contribution in [0.25, 0.3) is 0 Å². The molecule has 0 fully saturated rings. The molecule has 0 unspecified atom stereocenters. The molecule has 0 heterocycles. The highest BCUT2D eigenvalue weighted by Gasteiger charge is 2.10. The Balaban J connectivity index is 3.73. The van der Waals surface area contributed by atoms with Crippen LogP contribution < -0.4 is 5.73 Å². The number of hydrogen-bond donors (Lipinski definition) is 1. The van der Waals surface area contributed by atoms with Crippen LogP contribution in [0.1, 0.15) is 40.0 Å². The molecule has 0 amide bonds. The molecule has 1 nitrogen and oxygen atoms in total. The van der Waals surface area contributed by atoms with Crippen LogP contribution >= 0.6 is 0 Å². The molecule has 0 radical (unpaired) electrons. The molecule has 0 saturated carbocycles. The summed E-state index contributed by atoms with van der Waals surface area (Å²) in [4.78, 5) is 0. The molecule has 2 N–H and O–H groups in total. The topological polar surface area (TPSA) is 26.0 Å². The molecule has 0 aliphatic carbocycles. The summed E-state index contributed by atoms with van der Waals surface area (Å²) in [5.41, 5.74) is 5.85. The zero-order valence-corrected chi connectivity index (χ0v) is 7.35. The van der Waals surface area contributed by atoms with Gasteiger partial charge in [-0.25, -0.2) is 0 Å². The van der Waals surface area contributed by atoms with E-state index < -0.39 is 0 Å². The monoisotopic (exact) mass is 141 g/mol. The van der Waals surface area contributed by atoms with Crippen molar-refractivity contribution >= 4 is 0 Å². The molecule has 0 aromatic rings. The zero-order valence-electron chi connectivity index (χ0n) is 7.35. The van der Waals surface area contributed by atoms with Crippen molar-refractivity contribution in [1.29, 1.82) is 0 Å².